The Labute approximate surface area is 251 Å². The lowest BCUT2D eigenvalue weighted by molar-refractivity contribution is 0.418. The van der Waals surface area contributed by atoms with Crippen LogP contribution in [0.25, 0.3) is 55.7 Å². The molecule has 1 aliphatic rings. The first-order valence-electron chi connectivity index (χ1n) is 14.8. The Morgan fingerprint density at radius 1 is 0.442 bits per heavy atom. The van der Waals surface area contributed by atoms with Gasteiger partial charge in [-0.05, 0) is 57.3 Å². The molecule has 0 aliphatic carbocycles. The topological polar surface area (TPSA) is 22.4 Å². The van der Waals surface area contributed by atoms with Gasteiger partial charge in [-0.3, -0.25) is 0 Å². The smallest absolute Gasteiger partial charge is 0.134 e. The lowest BCUT2D eigenvalue weighted by atomic mass is 9.75. The first-order chi connectivity index (χ1) is 21.0. The molecule has 0 saturated heterocycles. The maximum Gasteiger partial charge on any atom is 0.134 e. The number of furan rings is 1. The molecule has 2 nitrogen and oxygen atoms in total. The minimum Gasteiger partial charge on any atom is -0.457 e. The van der Waals surface area contributed by atoms with Crippen molar-refractivity contribution in [2.45, 2.75) is 19.3 Å². The Morgan fingerprint density at radius 2 is 1.02 bits per heavy atom. The molecule has 0 atom stereocenters. The Hall–Kier alpha value is -5.34. The van der Waals surface area contributed by atoms with E-state index in [1.807, 2.05) is 24.3 Å². The predicted molar refractivity (Wildman–Crippen MR) is 177 cm³/mol. The van der Waals surface area contributed by atoms with Crippen molar-refractivity contribution < 1.29 is 9.15 Å². The van der Waals surface area contributed by atoms with E-state index < -0.39 is 0 Å². The summed E-state index contributed by atoms with van der Waals surface area (Å²) in [6.45, 7) is 4.50. The SMILES string of the molecule is CC1(C)c2ccccc2Oc2cc(-c3ccc(-c4ccc(-c5ccc(-c6cccc7ccccc67)cc5)cc4)o3)ccc21. The maximum atomic E-state index is 6.36. The van der Waals surface area contributed by atoms with Gasteiger partial charge in [-0.15, -0.1) is 0 Å². The Kier molecular flexibility index (Phi) is 5.84. The van der Waals surface area contributed by atoms with Crippen LogP contribution in [0.1, 0.15) is 25.0 Å². The second kappa shape index (κ2) is 9.89. The molecule has 0 N–H and O–H groups in total. The molecule has 7 aromatic rings. The van der Waals surface area contributed by atoms with Crippen molar-refractivity contribution in [2.24, 2.45) is 0 Å². The third-order valence-electron chi connectivity index (χ3n) is 8.81. The highest BCUT2D eigenvalue weighted by atomic mass is 16.5. The summed E-state index contributed by atoms with van der Waals surface area (Å²) in [6, 6.07) is 51.2. The molecule has 6 aromatic carbocycles. The summed E-state index contributed by atoms with van der Waals surface area (Å²) in [5.41, 5.74) is 9.16. The Bertz CT molecular complexity index is 2110. The number of rotatable bonds is 4. The van der Waals surface area contributed by atoms with E-state index in [4.69, 9.17) is 9.15 Å². The summed E-state index contributed by atoms with van der Waals surface area (Å²) >= 11 is 0. The normalized spacial score (nSPS) is 13.3. The first-order valence-corrected chi connectivity index (χ1v) is 14.8. The third kappa shape index (κ3) is 4.35. The van der Waals surface area contributed by atoms with Gasteiger partial charge in [0.1, 0.15) is 23.0 Å². The van der Waals surface area contributed by atoms with Crippen LogP contribution in [-0.2, 0) is 5.41 Å². The lowest BCUT2D eigenvalue weighted by Gasteiger charge is -2.34. The third-order valence-corrected chi connectivity index (χ3v) is 8.81. The van der Waals surface area contributed by atoms with Crippen LogP contribution in [0.3, 0.4) is 0 Å². The van der Waals surface area contributed by atoms with E-state index in [1.54, 1.807) is 0 Å². The van der Waals surface area contributed by atoms with Gasteiger partial charge in [-0.1, -0.05) is 135 Å². The van der Waals surface area contributed by atoms with Crippen LogP contribution in [0, 0.1) is 0 Å². The van der Waals surface area contributed by atoms with Gasteiger partial charge < -0.3 is 9.15 Å². The van der Waals surface area contributed by atoms with Crippen LogP contribution in [0.4, 0.5) is 0 Å². The first kappa shape index (κ1) is 25.4. The van der Waals surface area contributed by atoms with Gasteiger partial charge in [0.25, 0.3) is 0 Å². The lowest BCUT2D eigenvalue weighted by Crippen LogP contribution is -2.24. The van der Waals surface area contributed by atoms with Crippen molar-refractivity contribution in [3.8, 4) is 56.4 Å². The van der Waals surface area contributed by atoms with Crippen molar-refractivity contribution in [1.29, 1.82) is 0 Å². The van der Waals surface area contributed by atoms with Crippen LogP contribution < -0.4 is 4.74 Å². The monoisotopic (exact) mass is 554 g/mol. The number of para-hydroxylation sites is 1. The largest absolute Gasteiger partial charge is 0.457 e. The van der Waals surface area contributed by atoms with Crippen molar-refractivity contribution in [1.82, 2.24) is 0 Å². The highest BCUT2D eigenvalue weighted by molar-refractivity contribution is 5.96. The van der Waals surface area contributed by atoms with Gasteiger partial charge >= 0.3 is 0 Å². The van der Waals surface area contributed by atoms with E-state index >= 15 is 0 Å². The average molecular weight is 555 g/mol. The molecule has 1 aromatic heterocycles. The van der Waals surface area contributed by atoms with Crippen LogP contribution in [0.5, 0.6) is 11.5 Å². The molecular weight excluding hydrogens is 524 g/mol. The van der Waals surface area contributed by atoms with Crippen molar-refractivity contribution in [3.63, 3.8) is 0 Å². The van der Waals surface area contributed by atoms with E-state index in [9.17, 15) is 0 Å². The Morgan fingerprint density at radius 3 is 1.81 bits per heavy atom. The summed E-state index contributed by atoms with van der Waals surface area (Å²) in [5, 5.41) is 2.53. The second-order valence-corrected chi connectivity index (χ2v) is 11.8. The maximum absolute atomic E-state index is 6.36. The van der Waals surface area contributed by atoms with Crippen LogP contribution >= 0.6 is 0 Å². The summed E-state index contributed by atoms with van der Waals surface area (Å²) in [7, 11) is 0. The molecule has 0 unspecified atom stereocenters. The Balaban J connectivity index is 1.03. The zero-order valence-corrected chi connectivity index (χ0v) is 24.2. The molecule has 0 saturated carbocycles. The molecular formula is C41H30O2. The van der Waals surface area contributed by atoms with Gasteiger partial charge in [-0.25, -0.2) is 0 Å². The average Bonchev–Trinajstić information content (AvgIpc) is 3.55. The zero-order valence-electron chi connectivity index (χ0n) is 24.2. The molecule has 2 heterocycles. The van der Waals surface area contributed by atoms with E-state index in [0.717, 1.165) is 34.1 Å². The van der Waals surface area contributed by atoms with Crippen molar-refractivity contribution in [2.75, 3.05) is 0 Å². The molecule has 8 rings (SSSR count). The quantitative estimate of drug-likeness (QED) is 0.216. The molecule has 0 bridgehead atoms. The fourth-order valence-electron chi connectivity index (χ4n) is 6.41. The second-order valence-electron chi connectivity index (χ2n) is 11.8. The molecule has 206 valence electrons. The van der Waals surface area contributed by atoms with Gasteiger partial charge in [0.15, 0.2) is 0 Å². The number of fused-ring (bicyclic) bond motifs is 3. The standard InChI is InChI=1S/C41H30O2/c1-41(2)35-12-5-6-13-39(35)43-40-26-32(22-23-36(40)41)38-25-24-37(42-38)31-20-16-28(17-21-31)27-14-18-30(19-15-27)34-11-7-9-29-8-3-4-10-33(29)34/h3-26H,1-2H3. The van der Waals surface area contributed by atoms with E-state index in [2.05, 4.69) is 135 Å². The molecule has 2 heteroatoms. The summed E-state index contributed by atoms with van der Waals surface area (Å²) in [6.07, 6.45) is 0. The van der Waals surface area contributed by atoms with E-state index in [-0.39, 0.29) is 5.41 Å². The van der Waals surface area contributed by atoms with Gasteiger partial charge in [0, 0.05) is 27.7 Å². The zero-order chi connectivity index (χ0) is 29.0. The fraction of sp³-hybridized carbons (Fsp3) is 0.0732. The van der Waals surface area contributed by atoms with E-state index in [1.165, 1.54) is 44.2 Å². The molecule has 0 fully saturated rings. The molecule has 0 radical (unpaired) electrons. The fourth-order valence-corrected chi connectivity index (χ4v) is 6.41. The number of hydrogen-bond acceptors (Lipinski definition) is 2. The van der Waals surface area contributed by atoms with Gasteiger partial charge in [0.2, 0.25) is 0 Å². The number of ether oxygens (including phenoxy) is 1. The molecule has 43 heavy (non-hydrogen) atoms. The van der Waals surface area contributed by atoms with Gasteiger partial charge in [-0.2, -0.15) is 0 Å². The summed E-state index contributed by atoms with van der Waals surface area (Å²) < 4.78 is 12.7. The summed E-state index contributed by atoms with van der Waals surface area (Å²) in [4.78, 5) is 0. The molecule has 0 amide bonds. The summed E-state index contributed by atoms with van der Waals surface area (Å²) in [5.74, 6) is 3.47. The molecule has 0 spiro atoms. The highest BCUT2D eigenvalue weighted by Crippen LogP contribution is 2.48. The van der Waals surface area contributed by atoms with Crippen LogP contribution in [0.2, 0.25) is 0 Å². The van der Waals surface area contributed by atoms with E-state index in [0.29, 0.717) is 0 Å². The van der Waals surface area contributed by atoms with Gasteiger partial charge in [0.05, 0.1) is 0 Å². The number of hydrogen-bond donors (Lipinski definition) is 0. The van der Waals surface area contributed by atoms with Crippen LogP contribution in [0.15, 0.2) is 150 Å². The highest BCUT2D eigenvalue weighted by Gasteiger charge is 2.34. The minimum absolute atomic E-state index is 0.130. The van der Waals surface area contributed by atoms with Crippen LogP contribution in [-0.4, -0.2) is 0 Å². The predicted octanol–water partition coefficient (Wildman–Crippen LogP) is 11.5. The molecule has 1 aliphatic heterocycles. The van der Waals surface area contributed by atoms with Crippen molar-refractivity contribution in [3.05, 3.63) is 157 Å². The number of benzene rings is 6. The minimum atomic E-state index is -0.130. The van der Waals surface area contributed by atoms with Crippen molar-refractivity contribution >= 4 is 10.8 Å².